The summed E-state index contributed by atoms with van der Waals surface area (Å²) in [4.78, 5) is 11.9. The molecule has 0 aromatic heterocycles. The standard InChI is InChI=1S/C15H23NO2/c1-11(2)15(13-8-6-5-7-9-13)16-14(17)10-12(3)18-4/h5-9,11-12,15H,10H2,1-4H3,(H,16,17)/t12-,15+/m1/s1. The minimum atomic E-state index is -0.0476. The molecule has 0 aliphatic rings. The maximum absolute atomic E-state index is 11.9. The highest BCUT2D eigenvalue weighted by Gasteiger charge is 2.18. The van der Waals surface area contributed by atoms with Crippen LogP contribution in [0, 0.1) is 5.92 Å². The van der Waals surface area contributed by atoms with Crippen LogP contribution in [0.5, 0.6) is 0 Å². The summed E-state index contributed by atoms with van der Waals surface area (Å²) in [5.74, 6) is 0.390. The van der Waals surface area contributed by atoms with E-state index in [4.69, 9.17) is 4.74 Å². The highest BCUT2D eigenvalue weighted by molar-refractivity contribution is 5.77. The molecule has 1 aromatic rings. The van der Waals surface area contributed by atoms with E-state index in [0.29, 0.717) is 12.3 Å². The summed E-state index contributed by atoms with van der Waals surface area (Å²) in [6.45, 7) is 6.11. The lowest BCUT2D eigenvalue weighted by Gasteiger charge is -2.23. The van der Waals surface area contributed by atoms with Crippen molar-refractivity contribution >= 4 is 5.91 Å². The van der Waals surface area contributed by atoms with Crippen molar-refractivity contribution in [1.29, 1.82) is 0 Å². The molecule has 1 rings (SSSR count). The maximum atomic E-state index is 11.9. The Bertz CT molecular complexity index is 362. The molecule has 0 saturated carbocycles. The number of carbonyl (C=O) groups excluding carboxylic acids is 1. The van der Waals surface area contributed by atoms with Crippen LogP contribution in [0.2, 0.25) is 0 Å². The molecule has 0 aliphatic heterocycles. The Balaban J connectivity index is 2.67. The summed E-state index contributed by atoms with van der Waals surface area (Å²) in [5, 5.41) is 3.08. The third-order valence-corrected chi connectivity index (χ3v) is 3.02. The van der Waals surface area contributed by atoms with Gasteiger partial charge in [-0.2, -0.15) is 0 Å². The zero-order chi connectivity index (χ0) is 13.5. The average molecular weight is 249 g/mol. The van der Waals surface area contributed by atoms with Crippen LogP contribution in [0.3, 0.4) is 0 Å². The molecule has 1 N–H and O–H groups in total. The van der Waals surface area contributed by atoms with Crippen LogP contribution < -0.4 is 5.32 Å². The van der Waals surface area contributed by atoms with Crippen LogP contribution in [0.15, 0.2) is 30.3 Å². The van der Waals surface area contributed by atoms with Gasteiger partial charge in [-0.05, 0) is 18.4 Å². The molecule has 0 heterocycles. The van der Waals surface area contributed by atoms with E-state index in [-0.39, 0.29) is 18.1 Å². The topological polar surface area (TPSA) is 38.3 Å². The molecule has 0 radical (unpaired) electrons. The number of amides is 1. The second-order valence-electron chi connectivity index (χ2n) is 4.95. The molecule has 1 aromatic carbocycles. The summed E-state index contributed by atoms with van der Waals surface area (Å²) >= 11 is 0. The SMILES string of the molecule is CO[C@H](C)CC(=O)N[C@H](c1ccccc1)C(C)C. The van der Waals surface area contributed by atoms with E-state index in [1.807, 2.05) is 37.3 Å². The number of methoxy groups -OCH3 is 1. The molecule has 0 fully saturated rings. The average Bonchev–Trinajstić information content (AvgIpc) is 2.36. The van der Waals surface area contributed by atoms with E-state index >= 15 is 0 Å². The molecule has 0 unspecified atom stereocenters. The van der Waals surface area contributed by atoms with E-state index in [9.17, 15) is 4.79 Å². The van der Waals surface area contributed by atoms with Crippen molar-refractivity contribution in [3.63, 3.8) is 0 Å². The minimum Gasteiger partial charge on any atom is -0.381 e. The molecule has 3 nitrogen and oxygen atoms in total. The van der Waals surface area contributed by atoms with E-state index < -0.39 is 0 Å². The first kappa shape index (κ1) is 14.7. The monoisotopic (exact) mass is 249 g/mol. The molecule has 2 atom stereocenters. The van der Waals surface area contributed by atoms with Gasteiger partial charge >= 0.3 is 0 Å². The lowest BCUT2D eigenvalue weighted by atomic mass is 9.96. The second-order valence-corrected chi connectivity index (χ2v) is 4.95. The molecular formula is C15H23NO2. The van der Waals surface area contributed by atoms with Crippen LogP contribution in [0.4, 0.5) is 0 Å². The highest BCUT2D eigenvalue weighted by atomic mass is 16.5. The van der Waals surface area contributed by atoms with Crippen molar-refractivity contribution in [3.8, 4) is 0 Å². The number of hydrogen-bond donors (Lipinski definition) is 1. The Morgan fingerprint density at radius 3 is 2.33 bits per heavy atom. The fourth-order valence-electron chi connectivity index (χ4n) is 1.87. The first-order valence-electron chi connectivity index (χ1n) is 6.41. The zero-order valence-electron chi connectivity index (χ0n) is 11.6. The second kappa shape index (κ2) is 7.17. The number of rotatable bonds is 6. The molecule has 0 bridgehead atoms. The predicted octanol–water partition coefficient (Wildman–Crippen LogP) is 2.92. The van der Waals surface area contributed by atoms with Crippen molar-refractivity contribution in [1.82, 2.24) is 5.32 Å². The van der Waals surface area contributed by atoms with Crippen LogP contribution in [-0.2, 0) is 9.53 Å². The van der Waals surface area contributed by atoms with Crippen molar-refractivity contribution in [2.45, 2.75) is 39.3 Å². The smallest absolute Gasteiger partial charge is 0.223 e. The van der Waals surface area contributed by atoms with Gasteiger partial charge in [0.25, 0.3) is 0 Å². The molecule has 100 valence electrons. The Labute approximate surface area is 110 Å². The Hall–Kier alpha value is -1.35. The molecular weight excluding hydrogens is 226 g/mol. The van der Waals surface area contributed by atoms with E-state index in [0.717, 1.165) is 5.56 Å². The molecule has 0 aliphatic carbocycles. The molecule has 0 spiro atoms. The summed E-state index contributed by atoms with van der Waals surface area (Å²) in [5.41, 5.74) is 1.14. The van der Waals surface area contributed by atoms with Gasteiger partial charge in [0.05, 0.1) is 18.6 Å². The number of ether oxygens (including phenoxy) is 1. The predicted molar refractivity (Wildman–Crippen MR) is 73.3 cm³/mol. The normalized spacial score (nSPS) is 14.3. The molecule has 3 heteroatoms. The summed E-state index contributed by atoms with van der Waals surface area (Å²) in [6, 6.07) is 10.1. The number of carbonyl (C=O) groups is 1. The maximum Gasteiger partial charge on any atom is 0.223 e. The van der Waals surface area contributed by atoms with Crippen LogP contribution in [0.1, 0.15) is 38.8 Å². The van der Waals surface area contributed by atoms with Gasteiger partial charge in [0.2, 0.25) is 5.91 Å². The van der Waals surface area contributed by atoms with Crippen LogP contribution in [0.25, 0.3) is 0 Å². The third-order valence-electron chi connectivity index (χ3n) is 3.02. The van der Waals surface area contributed by atoms with Gasteiger partial charge in [-0.3, -0.25) is 4.79 Å². The van der Waals surface area contributed by atoms with Crippen molar-refractivity contribution in [3.05, 3.63) is 35.9 Å². The Morgan fingerprint density at radius 1 is 1.22 bits per heavy atom. The van der Waals surface area contributed by atoms with Crippen molar-refractivity contribution in [2.24, 2.45) is 5.92 Å². The van der Waals surface area contributed by atoms with Gasteiger partial charge in [0.15, 0.2) is 0 Å². The first-order valence-corrected chi connectivity index (χ1v) is 6.41. The number of nitrogens with one attached hydrogen (secondary N) is 1. The Kier molecular flexibility index (Phi) is 5.86. The number of benzene rings is 1. The Morgan fingerprint density at radius 2 is 1.83 bits per heavy atom. The van der Waals surface area contributed by atoms with E-state index in [1.165, 1.54) is 0 Å². The first-order chi connectivity index (χ1) is 8.54. The third kappa shape index (κ3) is 4.49. The van der Waals surface area contributed by atoms with Gasteiger partial charge in [-0.25, -0.2) is 0 Å². The lowest BCUT2D eigenvalue weighted by Crippen LogP contribution is -2.33. The van der Waals surface area contributed by atoms with Gasteiger partial charge in [0, 0.05) is 7.11 Å². The fraction of sp³-hybridized carbons (Fsp3) is 0.533. The van der Waals surface area contributed by atoms with Crippen molar-refractivity contribution in [2.75, 3.05) is 7.11 Å². The van der Waals surface area contributed by atoms with E-state index in [2.05, 4.69) is 19.2 Å². The van der Waals surface area contributed by atoms with Gasteiger partial charge in [0.1, 0.15) is 0 Å². The fourth-order valence-corrected chi connectivity index (χ4v) is 1.87. The largest absolute Gasteiger partial charge is 0.381 e. The van der Waals surface area contributed by atoms with E-state index in [1.54, 1.807) is 7.11 Å². The van der Waals surface area contributed by atoms with Crippen LogP contribution >= 0.6 is 0 Å². The minimum absolute atomic E-state index is 0.0342. The molecule has 1 amide bonds. The van der Waals surface area contributed by atoms with Gasteiger partial charge in [-0.15, -0.1) is 0 Å². The summed E-state index contributed by atoms with van der Waals surface area (Å²) < 4.78 is 5.11. The highest BCUT2D eigenvalue weighted by Crippen LogP contribution is 2.21. The molecule has 18 heavy (non-hydrogen) atoms. The molecule has 0 saturated heterocycles. The van der Waals surface area contributed by atoms with Gasteiger partial charge in [-0.1, -0.05) is 44.2 Å². The van der Waals surface area contributed by atoms with Crippen LogP contribution in [-0.4, -0.2) is 19.1 Å². The van der Waals surface area contributed by atoms with Crippen molar-refractivity contribution < 1.29 is 9.53 Å². The quantitative estimate of drug-likeness (QED) is 0.841. The van der Waals surface area contributed by atoms with Gasteiger partial charge < -0.3 is 10.1 Å². The zero-order valence-corrected chi connectivity index (χ0v) is 11.6. The lowest BCUT2D eigenvalue weighted by molar-refractivity contribution is -0.124. The summed E-state index contributed by atoms with van der Waals surface area (Å²) in [7, 11) is 1.62. The summed E-state index contributed by atoms with van der Waals surface area (Å²) in [6.07, 6.45) is 0.348. The number of hydrogen-bond acceptors (Lipinski definition) is 2.